The van der Waals surface area contributed by atoms with Crippen LogP contribution in [-0.4, -0.2) is 28.5 Å². The third-order valence-corrected chi connectivity index (χ3v) is 4.13. The van der Waals surface area contributed by atoms with Crippen LogP contribution in [0.3, 0.4) is 0 Å². The number of benzene rings is 2. The molecular weight excluding hydrogens is 476 g/mol. The Kier molecular flexibility index (Phi) is 7.67. The molecule has 0 spiro atoms. The number of halogens is 2. The van der Waals surface area contributed by atoms with Crippen molar-refractivity contribution in [3.63, 3.8) is 0 Å². The van der Waals surface area contributed by atoms with E-state index < -0.39 is 16.7 Å². The van der Waals surface area contributed by atoms with Gasteiger partial charge in [0.1, 0.15) is 5.75 Å². The van der Waals surface area contributed by atoms with Crippen LogP contribution in [0.1, 0.15) is 10.4 Å². The van der Waals surface area contributed by atoms with E-state index in [2.05, 4.69) is 32.1 Å². The van der Waals surface area contributed by atoms with Gasteiger partial charge in [0.05, 0.1) is 9.95 Å². The van der Waals surface area contributed by atoms with Crippen LogP contribution in [0.25, 0.3) is 0 Å². The molecule has 0 saturated heterocycles. The first kappa shape index (κ1) is 21.5. The molecule has 9 nitrogen and oxygen atoms in total. The van der Waals surface area contributed by atoms with Crippen molar-refractivity contribution in [2.45, 2.75) is 0 Å². The van der Waals surface area contributed by atoms with Gasteiger partial charge in [-0.25, -0.2) is 0 Å². The summed E-state index contributed by atoms with van der Waals surface area (Å²) in [6.45, 7) is -0.348. The number of nitrogens with zero attached hydrogens (tertiary/aromatic N) is 1. The second kappa shape index (κ2) is 9.97. The molecule has 0 aromatic heterocycles. The lowest BCUT2D eigenvalue weighted by Crippen LogP contribution is -2.49. The molecule has 12 heteroatoms. The van der Waals surface area contributed by atoms with Gasteiger partial charge in [0.25, 0.3) is 17.5 Å². The van der Waals surface area contributed by atoms with E-state index in [1.165, 1.54) is 24.3 Å². The largest absolute Gasteiger partial charge is 0.482 e. The van der Waals surface area contributed by atoms with Crippen LogP contribution in [0.15, 0.2) is 46.9 Å². The fraction of sp³-hybridized carbons (Fsp3) is 0.0625. The quantitative estimate of drug-likeness (QED) is 0.337. The van der Waals surface area contributed by atoms with Gasteiger partial charge in [-0.2, -0.15) is 0 Å². The molecule has 3 N–H and O–H groups in total. The first-order valence-electron chi connectivity index (χ1n) is 7.48. The molecule has 2 rings (SSSR count). The Hall–Kier alpha value is -2.76. The third-order valence-electron chi connectivity index (χ3n) is 3.14. The number of nitro benzene ring substituents is 1. The van der Waals surface area contributed by atoms with Gasteiger partial charge in [0.15, 0.2) is 11.7 Å². The zero-order chi connectivity index (χ0) is 20.7. The Morgan fingerprint density at radius 3 is 2.46 bits per heavy atom. The van der Waals surface area contributed by atoms with Crippen LogP contribution in [0.2, 0.25) is 5.02 Å². The molecule has 2 aromatic rings. The van der Waals surface area contributed by atoms with Crippen LogP contribution in [0, 0.1) is 10.1 Å². The van der Waals surface area contributed by atoms with Gasteiger partial charge < -0.3 is 4.74 Å². The molecular formula is C16H12BrClN4O5S. The van der Waals surface area contributed by atoms with E-state index in [1.54, 1.807) is 18.2 Å². The van der Waals surface area contributed by atoms with E-state index in [4.69, 9.17) is 28.6 Å². The molecule has 28 heavy (non-hydrogen) atoms. The number of amides is 2. The Labute approximate surface area is 177 Å². The Morgan fingerprint density at radius 1 is 1.18 bits per heavy atom. The minimum absolute atomic E-state index is 0.141. The lowest BCUT2D eigenvalue weighted by molar-refractivity contribution is -0.384. The predicted octanol–water partition coefficient (Wildman–Crippen LogP) is 2.73. The normalized spacial score (nSPS) is 9.93. The first-order valence-corrected chi connectivity index (χ1v) is 9.06. The van der Waals surface area contributed by atoms with Crippen LogP contribution in [0.4, 0.5) is 5.69 Å². The fourth-order valence-corrected chi connectivity index (χ4v) is 2.74. The van der Waals surface area contributed by atoms with Crippen molar-refractivity contribution in [2.24, 2.45) is 0 Å². The van der Waals surface area contributed by atoms with Crippen molar-refractivity contribution in [1.29, 1.82) is 0 Å². The molecule has 2 aromatic carbocycles. The summed E-state index contributed by atoms with van der Waals surface area (Å²) in [5.74, 6) is -0.837. The number of rotatable bonds is 5. The first-order chi connectivity index (χ1) is 13.3. The average molecular weight is 488 g/mol. The molecule has 0 atom stereocenters. The number of thiocarbonyl (C=S) groups is 1. The number of hydrogen-bond donors (Lipinski definition) is 3. The maximum Gasteiger partial charge on any atom is 0.269 e. The Morgan fingerprint density at radius 2 is 1.86 bits per heavy atom. The maximum atomic E-state index is 11.9. The molecule has 0 aliphatic rings. The van der Waals surface area contributed by atoms with E-state index in [9.17, 15) is 19.7 Å². The van der Waals surface area contributed by atoms with Gasteiger partial charge in [0, 0.05) is 22.2 Å². The van der Waals surface area contributed by atoms with E-state index in [1.807, 2.05) is 0 Å². The molecule has 146 valence electrons. The summed E-state index contributed by atoms with van der Waals surface area (Å²) in [6.07, 6.45) is 0. The number of nitrogens with one attached hydrogen (secondary N) is 3. The number of ether oxygens (including phenoxy) is 1. The molecule has 0 saturated carbocycles. The number of non-ortho nitro benzene ring substituents is 1. The molecule has 0 heterocycles. The smallest absolute Gasteiger partial charge is 0.269 e. The van der Waals surface area contributed by atoms with E-state index in [0.717, 1.165) is 4.47 Å². The topological polar surface area (TPSA) is 123 Å². The van der Waals surface area contributed by atoms with E-state index in [0.29, 0.717) is 10.8 Å². The van der Waals surface area contributed by atoms with Crippen molar-refractivity contribution in [2.75, 3.05) is 6.61 Å². The minimum Gasteiger partial charge on any atom is -0.482 e. The highest BCUT2D eigenvalue weighted by atomic mass is 79.9. The molecule has 0 aliphatic carbocycles. The van der Waals surface area contributed by atoms with Crippen LogP contribution >= 0.6 is 39.7 Å². The molecule has 0 unspecified atom stereocenters. The van der Waals surface area contributed by atoms with Crippen LogP contribution in [0.5, 0.6) is 5.75 Å². The highest BCUT2D eigenvalue weighted by molar-refractivity contribution is 9.10. The van der Waals surface area contributed by atoms with Gasteiger partial charge in [-0.1, -0.05) is 27.5 Å². The summed E-state index contributed by atoms with van der Waals surface area (Å²) in [5, 5.41) is 13.1. The lowest BCUT2D eigenvalue weighted by Gasteiger charge is -2.12. The number of carbonyl (C=O) groups is 2. The number of hydrazine groups is 1. The summed E-state index contributed by atoms with van der Waals surface area (Å²) in [4.78, 5) is 33.8. The van der Waals surface area contributed by atoms with Gasteiger partial charge in [-0.05, 0) is 42.5 Å². The summed E-state index contributed by atoms with van der Waals surface area (Å²) >= 11 is 14.1. The summed E-state index contributed by atoms with van der Waals surface area (Å²) in [6, 6.07) is 9.88. The second-order valence-electron chi connectivity index (χ2n) is 5.12. The SMILES string of the molecule is O=C(COc1ccc(Br)cc1Cl)NC(=S)NNC(=O)c1ccc([N+](=O)[O-])cc1. The number of hydrogen-bond acceptors (Lipinski definition) is 6. The van der Waals surface area contributed by atoms with Crippen LogP contribution in [-0.2, 0) is 4.79 Å². The number of nitro groups is 1. The van der Waals surface area contributed by atoms with Gasteiger partial charge in [-0.15, -0.1) is 0 Å². The summed E-state index contributed by atoms with van der Waals surface area (Å²) in [5.41, 5.74) is 4.63. The predicted molar refractivity (Wildman–Crippen MR) is 109 cm³/mol. The molecule has 0 bridgehead atoms. The molecule has 2 amide bonds. The van der Waals surface area contributed by atoms with Gasteiger partial charge in [0.2, 0.25) is 0 Å². The molecule has 0 aliphatic heterocycles. The molecule has 0 fully saturated rings. The van der Waals surface area contributed by atoms with E-state index in [-0.39, 0.29) is 23.0 Å². The summed E-state index contributed by atoms with van der Waals surface area (Å²) < 4.78 is 6.05. The number of carbonyl (C=O) groups excluding carboxylic acids is 2. The second-order valence-corrected chi connectivity index (χ2v) is 6.85. The lowest BCUT2D eigenvalue weighted by atomic mass is 10.2. The molecule has 0 radical (unpaired) electrons. The maximum absolute atomic E-state index is 11.9. The third kappa shape index (κ3) is 6.44. The monoisotopic (exact) mass is 486 g/mol. The Bertz CT molecular complexity index is 926. The van der Waals surface area contributed by atoms with Crippen molar-refractivity contribution in [3.8, 4) is 5.75 Å². The van der Waals surface area contributed by atoms with Crippen LogP contribution < -0.4 is 20.9 Å². The zero-order valence-corrected chi connectivity index (χ0v) is 17.1. The van der Waals surface area contributed by atoms with Gasteiger partial charge >= 0.3 is 0 Å². The average Bonchev–Trinajstić information content (AvgIpc) is 2.65. The van der Waals surface area contributed by atoms with Gasteiger partial charge in [-0.3, -0.25) is 35.9 Å². The van der Waals surface area contributed by atoms with Crippen molar-refractivity contribution in [1.82, 2.24) is 16.2 Å². The zero-order valence-electron chi connectivity index (χ0n) is 13.9. The van der Waals surface area contributed by atoms with Crippen molar-refractivity contribution >= 4 is 62.4 Å². The van der Waals surface area contributed by atoms with Crippen molar-refractivity contribution in [3.05, 3.63) is 67.6 Å². The highest BCUT2D eigenvalue weighted by Gasteiger charge is 2.11. The Balaban J connectivity index is 1.77. The highest BCUT2D eigenvalue weighted by Crippen LogP contribution is 2.27. The fourth-order valence-electron chi connectivity index (χ4n) is 1.85. The van der Waals surface area contributed by atoms with E-state index >= 15 is 0 Å². The summed E-state index contributed by atoms with van der Waals surface area (Å²) in [7, 11) is 0. The minimum atomic E-state index is -0.593. The van der Waals surface area contributed by atoms with Crippen molar-refractivity contribution < 1.29 is 19.2 Å². The standard InChI is InChI=1S/C16H12BrClN4O5S/c17-10-3-6-13(12(18)7-10)27-8-14(23)19-16(28)21-20-15(24)9-1-4-11(5-2-9)22(25)26/h1-7H,8H2,(H,20,24)(H2,19,21,23,28).